The fraction of sp³-hybridized carbons (Fsp3) is 0.519. The Kier molecular flexibility index (Phi) is 10.1. The number of hydrogen-bond donors (Lipinski definition) is 2. The summed E-state index contributed by atoms with van der Waals surface area (Å²) in [6.45, 7) is 8.50. The number of halogens is 3. The van der Waals surface area contributed by atoms with Crippen LogP contribution in [0.25, 0.3) is 28.1 Å². The van der Waals surface area contributed by atoms with Crippen LogP contribution < -0.4 is 5.32 Å². The van der Waals surface area contributed by atoms with Crippen LogP contribution in [0.2, 0.25) is 0 Å². The van der Waals surface area contributed by atoms with E-state index in [1.54, 1.807) is 11.1 Å². The van der Waals surface area contributed by atoms with Gasteiger partial charge in [-0.25, -0.2) is 9.97 Å². The molecule has 3 aromatic heterocycles. The number of carbonyl (C=O) groups excluding carboxylic acids is 1. The fourth-order valence-corrected chi connectivity index (χ4v) is 4.02. The van der Waals surface area contributed by atoms with Crippen LogP contribution in [0, 0.1) is 23.2 Å². The van der Waals surface area contributed by atoms with Crippen LogP contribution in [-0.2, 0) is 11.3 Å². The second-order valence-electron chi connectivity index (χ2n) is 10.1. The van der Waals surface area contributed by atoms with Gasteiger partial charge in [0.15, 0.2) is 5.65 Å². The molecule has 0 aromatic carbocycles. The number of allylic oxidation sites excluding steroid dienone is 1. The normalized spacial score (nSPS) is 14.7. The highest BCUT2D eigenvalue weighted by molar-refractivity contribution is 5.89. The number of fused-ring (bicyclic) bond motifs is 1. The predicted octanol–water partition coefficient (Wildman–Crippen LogP) is 5.15. The zero-order chi connectivity index (χ0) is 28.6. The second kappa shape index (κ2) is 13.3. The van der Waals surface area contributed by atoms with Crippen LogP contribution in [0.3, 0.4) is 0 Å². The molecule has 1 saturated heterocycles. The summed E-state index contributed by atoms with van der Waals surface area (Å²) in [5.74, 6) is 0.786. The summed E-state index contributed by atoms with van der Waals surface area (Å²) in [6.07, 6.45) is 5.44. The van der Waals surface area contributed by atoms with Crippen LogP contribution in [0.4, 0.5) is 13.2 Å². The van der Waals surface area contributed by atoms with Crippen molar-refractivity contribution >= 4 is 22.8 Å². The molecule has 0 atom stereocenters. The summed E-state index contributed by atoms with van der Waals surface area (Å²) in [5, 5.41) is 16.0. The number of likely N-dealkylation sites (tertiary alicyclic amines) is 1. The number of alkyl halides is 3. The molecule has 0 bridgehead atoms. The van der Waals surface area contributed by atoms with E-state index in [2.05, 4.69) is 52.2 Å². The first-order chi connectivity index (χ1) is 18.5. The molecule has 0 radical (unpaired) electrons. The summed E-state index contributed by atoms with van der Waals surface area (Å²) in [5.41, 5.74) is 3.26. The third kappa shape index (κ3) is 8.56. The number of nitriles is 1. The van der Waals surface area contributed by atoms with Crippen molar-refractivity contribution < 1.29 is 18.0 Å². The number of nitrogens with zero attached hydrogens (tertiary/aromatic N) is 6. The first-order valence-corrected chi connectivity index (χ1v) is 13.1. The first kappa shape index (κ1) is 29.7. The van der Waals surface area contributed by atoms with Gasteiger partial charge in [0.1, 0.15) is 12.1 Å². The molecule has 12 heteroatoms. The van der Waals surface area contributed by atoms with Crippen molar-refractivity contribution in [2.24, 2.45) is 11.8 Å². The number of aromatic nitrogens is 5. The van der Waals surface area contributed by atoms with Crippen molar-refractivity contribution in [3.8, 4) is 17.3 Å². The molecule has 4 rings (SSSR count). The predicted molar refractivity (Wildman–Crippen MR) is 143 cm³/mol. The highest BCUT2D eigenvalue weighted by Crippen LogP contribution is 2.26. The standard InChI is InChI=1S/C23H25F3N8O.C4H10/c1-2-3-18(28-12-20(35)33-6-4-15(8-27)5-7-33)17-10-29-22-21(17)32-19(11-30-22)16-9-31-34(13-16)14-23(24,25)26;1-4(2)3/h3,9-11,13,15,28H,2,4-7,12,14H2,1H3,(H,29,30);4H,1-3H3/b18-3+;. The fourth-order valence-electron chi connectivity index (χ4n) is 4.02. The van der Waals surface area contributed by atoms with E-state index >= 15 is 0 Å². The quantitative estimate of drug-likeness (QED) is 0.425. The summed E-state index contributed by atoms with van der Waals surface area (Å²) >= 11 is 0. The number of amides is 1. The smallest absolute Gasteiger partial charge is 0.376 e. The lowest BCUT2D eigenvalue weighted by molar-refractivity contribution is -0.142. The van der Waals surface area contributed by atoms with Gasteiger partial charge in [0.2, 0.25) is 5.91 Å². The highest BCUT2D eigenvalue weighted by atomic mass is 19.4. The van der Waals surface area contributed by atoms with Gasteiger partial charge in [-0.1, -0.05) is 33.8 Å². The maximum absolute atomic E-state index is 12.7. The van der Waals surface area contributed by atoms with Crippen LogP contribution in [-0.4, -0.2) is 61.4 Å². The van der Waals surface area contributed by atoms with E-state index in [0.717, 1.165) is 10.6 Å². The van der Waals surface area contributed by atoms with Crippen molar-refractivity contribution in [3.05, 3.63) is 36.4 Å². The zero-order valence-electron chi connectivity index (χ0n) is 22.7. The number of piperidine rings is 1. The minimum absolute atomic E-state index is 0.00196. The minimum atomic E-state index is -4.37. The van der Waals surface area contributed by atoms with E-state index in [1.165, 1.54) is 18.6 Å². The minimum Gasteiger partial charge on any atom is -0.376 e. The Balaban J connectivity index is 0.000000983. The van der Waals surface area contributed by atoms with Gasteiger partial charge in [-0.3, -0.25) is 9.48 Å². The Labute approximate surface area is 226 Å². The molecule has 1 aliphatic heterocycles. The molecule has 4 heterocycles. The summed E-state index contributed by atoms with van der Waals surface area (Å²) < 4.78 is 38.8. The van der Waals surface area contributed by atoms with E-state index in [0.29, 0.717) is 66.0 Å². The molecule has 210 valence electrons. The Morgan fingerprint density at radius 2 is 1.97 bits per heavy atom. The van der Waals surface area contributed by atoms with Crippen molar-refractivity contribution in [3.63, 3.8) is 0 Å². The molecule has 39 heavy (non-hydrogen) atoms. The van der Waals surface area contributed by atoms with Crippen molar-refractivity contribution in [1.29, 1.82) is 5.26 Å². The maximum Gasteiger partial charge on any atom is 0.408 e. The maximum atomic E-state index is 12.7. The van der Waals surface area contributed by atoms with Gasteiger partial charge in [0.05, 0.1) is 30.7 Å². The van der Waals surface area contributed by atoms with E-state index < -0.39 is 12.7 Å². The number of nitrogens with one attached hydrogen (secondary N) is 2. The van der Waals surface area contributed by atoms with Crippen LogP contribution in [0.1, 0.15) is 52.5 Å². The topological polar surface area (TPSA) is 116 Å². The third-order valence-electron chi connectivity index (χ3n) is 5.81. The van der Waals surface area contributed by atoms with Gasteiger partial charge in [-0.15, -0.1) is 0 Å². The molecule has 2 N–H and O–H groups in total. The molecule has 0 spiro atoms. The Morgan fingerprint density at radius 1 is 1.28 bits per heavy atom. The molecule has 0 unspecified atom stereocenters. The molecule has 1 fully saturated rings. The Bertz CT molecular complexity index is 1310. The zero-order valence-corrected chi connectivity index (χ0v) is 22.7. The van der Waals surface area contributed by atoms with Gasteiger partial charge >= 0.3 is 6.18 Å². The molecular weight excluding hydrogens is 509 g/mol. The number of carbonyl (C=O) groups is 1. The van der Waals surface area contributed by atoms with Gasteiger partial charge in [-0.2, -0.15) is 23.5 Å². The van der Waals surface area contributed by atoms with Crippen molar-refractivity contribution in [1.82, 2.24) is 34.9 Å². The Hall–Kier alpha value is -3.88. The molecule has 1 aliphatic rings. The van der Waals surface area contributed by atoms with Crippen LogP contribution >= 0.6 is 0 Å². The SMILES string of the molecule is CC(C)C.CC/C=C(/NCC(=O)N1CCC(C#N)CC1)c1c[nH]c2ncc(-c3cnn(CC(F)(F)F)c3)nc12. The van der Waals surface area contributed by atoms with Crippen molar-refractivity contribution in [2.45, 2.75) is 59.7 Å². The molecule has 0 saturated carbocycles. The number of aromatic amines is 1. The monoisotopic (exact) mass is 544 g/mol. The third-order valence-corrected chi connectivity index (χ3v) is 5.81. The molecular formula is C27H35F3N8O. The van der Waals surface area contributed by atoms with Crippen LogP contribution in [0.5, 0.6) is 0 Å². The lowest BCUT2D eigenvalue weighted by atomic mass is 9.98. The first-order valence-electron chi connectivity index (χ1n) is 13.1. The largest absolute Gasteiger partial charge is 0.408 e. The van der Waals surface area contributed by atoms with Gasteiger partial charge in [0.25, 0.3) is 0 Å². The van der Waals surface area contributed by atoms with E-state index in [4.69, 9.17) is 5.26 Å². The van der Waals surface area contributed by atoms with E-state index in [1.807, 2.05) is 13.0 Å². The molecule has 3 aromatic rings. The molecule has 1 amide bonds. The van der Waals surface area contributed by atoms with E-state index in [-0.39, 0.29) is 18.4 Å². The average Bonchev–Trinajstić information content (AvgIpc) is 3.51. The van der Waals surface area contributed by atoms with Gasteiger partial charge in [-0.05, 0) is 25.2 Å². The lowest BCUT2D eigenvalue weighted by Crippen LogP contribution is -2.42. The number of H-pyrrole nitrogens is 1. The number of hydrogen-bond acceptors (Lipinski definition) is 6. The van der Waals surface area contributed by atoms with Gasteiger partial charge < -0.3 is 15.2 Å². The Morgan fingerprint density at radius 3 is 2.59 bits per heavy atom. The van der Waals surface area contributed by atoms with Gasteiger partial charge in [0, 0.05) is 48.2 Å². The summed E-state index contributed by atoms with van der Waals surface area (Å²) in [4.78, 5) is 26.5. The van der Waals surface area contributed by atoms with Crippen molar-refractivity contribution in [2.75, 3.05) is 19.6 Å². The second-order valence-corrected chi connectivity index (χ2v) is 10.1. The highest BCUT2D eigenvalue weighted by Gasteiger charge is 2.28. The number of rotatable bonds is 7. The van der Waals surface area contributed by atoms with E-state index in [9.17, 15) is 18.0 Å². The molecule has 9 nitrogen and oxygen atoms in total. The average molecular weight is 545 g/mol. The van der Waals surface area contributed by atoms with Crippen LogP contribution in [0.15, 0.2) is 30.9 Å². The lowest BCUT2D eigenvalue weighted by Gasteiger charge is -2.29. The molecule has 0 aliphatic carbocycles. The summed E-state index contributed by atoms with van der Waals surface area (Å²) in [6, 6.07) is 2.26. The summed E-state index contributed by atoms with van der Waals surface area (Å²) in [7, 11) is 0.